The zero-order chi connectivity index (χ0) is 13.5. The van der Waals surface area contributed by atoms with Crippen LogP contribution in [0.25, 0.3) is 0 Å². The second-order valence-corrected chi connectivity index (χ2v) is 5.08. The van der Waals surface area contributed by atoms with E-state index < -0.39 is 5.97 Å². The minimum Gasteiger partial charge on any atom is -0.478 e. The zero-order valence-electron chi connectivity index (χ0n) is 11.3. The minimum atomic E-state index is -0.871. The number of carboxylic acids is 1. The van der Waals surface area contributed by atoms with Crippen molar-refractivity contribution in [1.29, 1.82) is 0 Å². The summed E-state index contributed by atoms with van der Waals surface area (Å²) in [4.78, 5) is 13.2. The molecule has 1 aromatic carbocycles. The van der Waals surface area contributed by atoms with Gasteiger partial charge < -0.3 is 15.3 Å². The number of hydrogen-bond acceptors (Lipinski definition) is 3. The Kier molecular flexibility index (Phi) is 5.36. The van der Waals surface area contributed by atoms with E-state index in [1.54, 1.807) is 12.1 Å². The summed E-state index contributed by atoms with van der Waals surface area (Å²) in [5, 5.41) is 12.2. The van der Waals surface area contributed by atoms with Crippen LogP contribution in [-0.4, -0.2) is 42.2 Å². The summed E-state index contributed by atoms with van der Waals surface area (Å²) < 4.78 is 0. The Morgan fingerprint density at radius 2 is 1.84 bits per heavy atom. The molecule has 0 aromatic heterocycles. The van der Waals surface area contributed by atoms with Crippen LogP contribution in [0.2, 0.25) is 0 Å². The standard InChI is InChI=1S/C15H22N2O2/c18-15(19)14-6-4-13(5-7-14)12-16-8-11-17-9-2-1-3-10-17/h4-7,16H,1-3,8-12H2,(H,18,19). The summed E-state index contributed by atoms with van der Waals surface area (Å²) >= 11 is 0. The van der Waals surface area contributed by atoms with Crippen molar-refractivity contribution in [3.8, 4) is 0 Å². The highest BCUT2D eigenvalue weighted by atomic mass is 16.4. The molecule has 0 radical (unpaired) electrons. The number of carbonyl (C=O) groups is 1. The second kappa shape index (κ2) is 7.26. The van der Waals surface area contributed by atoms with E-state index in [9.17, 15) is 4.79 Å². The monoisotopic (exact) mass is 262 g/mol. The van der Waals surface area contributed by atoms with Gasteiger partial charge in [0, 0.05) is 19.6 Å². The number of rotatable bonds is 6. The van der Waals surface area contributed by atoms with Crippen LogP contribution in [0.3, 0.4) is 0 Å². The van der Waals surface area contributed by atoms with Gasteiger partial charge in [-0.25, -0.2) is 4.79 Å². The molecule has 4 nitrogen and oxygen atoms in total. The Morgan fingerprint density at radius 1 is 1.16 bits per heavy atom. The molecule has 104 valence electrons. The Bertz CT molecular complexity index is 397. The van der Waals surface area contributed by atoms with Crippen molar-refractivity contribution in [2.24, 2.45) is 0 Å². The van der Waals surface area contributed by atoms with Crippen LogP contribution in [0.15, 0.2) is 24.3 Å². The summed E-state index contributed by atoms with van der Waals surface area (Å²) in [7, 11) is 0. The summed E-state index contributed by atoms with van der Waals surface area (Å²) in [5.41, 5.74) is 1.47. The Labute approximate surface area is 114 Å². The molecule has 4 heteroatoms. The topological polar surface area (TPSA) is 52.6 Å². The summed E-state index contributed by atoms with van der Waals surface area (Å²) in [6, 6.07) is 7.06. The molecule has 0 atom stereocenters. The lowest BCUT2D eigenvalue weighted by Crippen LogP contribution is -2.35. The van der Waals surface area contributed by atoms with Crippen molar-refractivity contribution >= 4 is 5.97 Å². The van der Waals surface area contributed by atoms with E-state index in [1.807, 2.05) is 12.1 Å². The first kappa shape index (κ1) is 14.0. The third-order valence-electron chi connectivity index (χ3n) is 3.58. The fourth-order valence-electron chi connectivity index (χ4n) is 2.42. The number of piperidine rings is 1. The fourth-order valence-corrected chi connectivity index (χ4v) is 2.42. The van der Waals surface area contributed by atoms with E-state index in [0.29, 0.717) is 5.56 Å². The summed E-state index contributed by atoms with van der Waals surface area (Å²) in [5.74, 6) is -0.871. The lowest BCUT2D eigenvalue weighted by Gasteiger charge is -2.26. The number of nitrogens with zero attached hydrogens (tertiary/aromatic N) is 1. The molecule has 1 saturated heterocycles. The number of benzene rings is 1. The van der Waals surface area contributed by atoms with E-state index in [2.05, 4.69) is 10.2 Å². The van der Waals surface area contributed by atoms with Crippen LogP contribution in [0.5, 0.6) is 0 Å². The van der Waals surface area contributed by atoms with E-state index in [0.717, 1.165) is 25.2 Å². The van der Waals surface area contributed by atoms with Crippen molar-refractivity contribution < 1.29 is 9.90 Å². The van der Waals surface area contributed by atoms with Gasteiger partial charge in [-0.3, -0.25) is 0 Å². The van der Waals surface area contributed by atoms with Crippen molar-refractivity contribution in [2.45, 2.75) is 25.8 Å². The molecule has 2 N–H and O–H groups in total. The van der Waals surface area contributed by atoms with Crippen molar-refractivity contribution in [3.05, 3.63) is 35.4 Å². The van der Waals surface area contributed by atoms with Gasteiger partial charge in [0.2, 0.25) is 0 Å². The molecule has 1 aliphatic heterocycles. The first-order valence-electron chi connectivity index (χ1n) is 7.01. The molecular formula is C15H22N2O2. The Hall–Kier alpha value is -1.39. The molecule has 1 aliphatic rings. The Balaban J connectivity index is 1.66. The third kappa shape index (κ3) is 4.65. The first-order valence-corrected chi connectivity index (χ1v) is 7.01. The average molecular weight is 262 g/mol. The highest BCUT2D eigenvalue weighted by molar-refractivity contribution is 5.87. The van der Waals surface area contributed by atoms with Crippen molar-refractivity contribution in [2.75, 3.05) is 26.2 Å². The zero-order valence-corrected chi connectivity index (χ0v) is 11.3. The SMILES string of the molecule is O=C(O)c1ccc(CNCCN2CCCCC2)cc1. The predicted molar refractivity (Wildman–Crippen MR) is 75.4 cm³/mol. The largest absolute Gasteiger partial charge is 0.478 e. The number of aromatic carboxylic acids is 1. The molecule has 1 aromatic rings. The normalized spacial score (nSPS) is 16.4. The molecule has 0 saturated carbocycles. The van der Waals surface area contributed by atoms with Crippen LogP contribution in [-0.2, 0) is 6.54 Å². The highest BCUT2D eigenvalue weighted by Gasteiger charge is 2.08. The van der Waals surface area contributed by atoms with Crippen molar-refractivity contribution in [3.63, 3.8) is 0 Å². The molecule has 0 amide bonds. The van der Waals surface area contributed by atoms with E-state index in [-0.39, 0.29) is 0 Å². The molecule has 0 unspecified atom stereocenters. The number of carboxylic acid groups (broad SMARTS) is 1. The molecular weight excluding hydrogens is 240 g/mol. The van der Waals surface area contributed by atoms with Gasteiger partial charge >= 0.3 is 5.97 Å². The molecule has 1 fully saturated rings. The van der Waals surface area contributed by atoms with Gasteiger partial charge in [0.1, 0.15) is 0 Å². The van der Waals surface area contributed by atoms with E-state index in [1.165, 1.54) is 32.4 Å². The molecule has 0 spiro atoms. The minimum absolute atomic E-state index is 0.345. The summed E-state index contributed by atoms with van der Waals surface area (Å²) in [6.07, 6.45) is 4.03. The van der Waals surface area contributed by atoms with Gasteiger partial charge in [-0.1, -0.05) is 18.6 Å². The van der Waals surface area contributed by atoms with Crippen molar-refractivity contribution in [1.82, 2.24) is 10.2 Å². The molecule has 1 heterocycles. The molecule has 0 aliphatic carbocycles. The fraction of sp³-hybridized carbons (Fsp3) is 0.533. The van der Waals surface area contributed by atoms with Gasteiger partial charge in [0.05, 0.1) is 5.56 Å². The summed E-state index contributed by atoms with van der Waals surface area (Å²) in [6.45, 7) is 5.35. The van der Waals surface area contributed by atoms with Gasteiger partial charge in [-0.2, -0.15) is 0 Å². The molecule has 19 heavy (non-hydrogen) atoms. The quantitative estimate of drug-likeness (QED) is 0.770. The predicted octanol–water partition coefficient (Wildman–Crippen LogP) is 1.96. The van der Waals surface area contributed by atoms with E-state index >= 15 is 0 Å². The molecule has 2 rings (SSSR count). The van der Waals surface area contributed by atoms with Gasteiger partial charge in [0.25, 0.3) is 0 Å². The third-order valence-corrected chi connectivity index (χ3v) is 3.58. The highest BCUT2D eigenvalue weighted by Crippen LogP contribution is 2.07. The smallest absolute Gasteiger partial charge is 0.335 e. The maximum atomic E-state index is 10.7. The maximum absolute atomic E-state index is 10.7. The van der Waals surface area contributed by atoms with E-state index in [4.69, 9.17) is 5.11 Å². The van der Waals surface area contributed by atoms with Crippen LogP contribution >= 0.6 is 0 Å². The second-order valence-electron chi connectivity index (χ2n) is 5.08. The van der Waals surface area contributed by atoms with Gasteiger partial charge in [-0.05, 0) is 43.6 Å². The van der Waals surface area contributed by atoms with Gasteiger partial charge in [-0.15, -0.1) is 0 Å². The first-order chi connectivity index (χ1) is 9.25. The van der Waals surface area contributed by atoms with Crippen LogP contribution < -0.4 is 5.32 Å². The lowest BCUT2D eigenvalue weighted by molar-refractivity contribution is 0.0697. The number of hydrogen-bond donors (Lipinski definition) is 2. The lowest BCUT2D eigenvalue weighted by atomic mass is 10.1. The van der Waals surface area contributed by atoms with Gasteiger partial charge in [0.15, 0.2) is 0 Å². The number of likely N-dealkylation sites (tertiary alicyclic amines) is 1. The van der Waals surface area contributed by atoms with Crippen LogP contribution in [0, 0.1) is 0 Å². The maximum Gasteiger partial charge on any atom is 0.335 e. The molecule has 0 bridgehead atoms. The Morgan fingerprint density at radius 3 is 2.47 bits per heavy atom. The van der Waals surface area contributed by atoms with Crippen LogP contribution in [0.1, 0.15) is 35.2 Å². The average Bonchev–Trinajstić information content (AvgIpc) is 2.45. The van der Waals surface area contributed by atoms with Crippen LogP contribution in [0.4, 0.5) is 0 Å². The number of nitrogens with one attached hydrogen (secondary N) is 1.